The molecule has 0 radical (unpaired) electrons. The second-order valence-corrected chi connectivity index (χ2v) is 4.04. The molecule has 0 aliphatic carbocycles. The minimum atomic E-state index is -4.68. The monoisotopic (exact) mass is 291 g/mol. The lowest BCUT2D eigenvalue weighted by Gasteiger charge is -2.13. The Morgan fingerprint density at radius 1 is 1.24 bits per heavy atom. The molecule has 0 aliphatic heterocycles. The molecule has 0 fully saturated rings. The maximum Gasteiger partial charge on any atom is 0.418 e. The summed E-state index contributed by atoms with van der Waals surface area (Å²) in [6.45, 7) is 0. The Kier molecular flexibility index (Phi) is 3.89. The molecular formula is C14H8F3N3O. The number of aromatic nitrogens is 1. The van der Waals surface area contributed by atoms with Gasteiger partial charge in [0.2, 0.25) is 0 Å². The summed E-state index contributed by atoms with van der Waals surface area (Å²) in [5.74, 6) is -0.759. The molecule has 1 heterocycles. The number of carbonyl (C=O) groups is 1. The molecule has 0 saturated heterocycles. The number of nitrogens with one attached hydrogen (secondary N) is 1. The van der Waals surface area contributed by atoms with Gasteiger partial charge >= 0.3 is 6.18 Å². The molecular weight excluding hydrogens is 283 g/mol. The second kappa shape index (κ2) is 5.63. The van der Waals surface area contributed by atoms with Crippen LogP contribution in [-0.4, -0.2) is 10.9 Å². The van der Waals surface area contributed by atoms with Gasteiger partial charge in [0.05, 0.1) is 22.9 Å². The summed E-state index contributed by atoms with van der Waals surface area (Å²) in [7, 11) is 0. The van der Waals surface area contributed by atoms with Gasteiger partial charge in [-0.25, -0.2) is 0 Å². The lowest BCUT2D eigenvalue weighted by Crippen LogP contribution is -2.17. The first-order valence-electron chi connectivity index (χ1n) is 5.75. The maximum atomic E-state index is 12.9. The first-order valence-corrected chi connectivity index (χ1v) is 5.75. The number of benzene rings is 1. The van der Waals surface area contributed by atoms with E-state index in [0.29, 0.717) is 6.07 Å². The Bertz CT molecular complexity index is 706. The van der Waals surface area contributed by atoms with Crippen molar-refractivity contribution in [3.05, 3.63) is 59.4 Å². The lowest BCUT2D eigenvalue weighted by molar-refractivity contribution is -0.136. The van der Waals surface area contributed by atoms with Gasteiger partial charge in [-0.05, 0) is 30.3 Å². The molecule has 21 heavy (non-hydrogen) atoms. The van der Waals surface area contributed by atoms with Gasteiger partial charge in [0.1, 0.15) is 5.69 Å². The van der Waals surface area contributed by atoms with E-state index in [1.807, 2.05) is 0 Å². The van der Waals surface area contributed by atoms with Crippen molar-refractivity contribution in [2.75, 3.05) is 5.32 Å². The molecule has 1 aromatic heterocycles. The smallest absolute Gasteiger partial charge is 0.320 e. The van der Waals surface area contributed by atoms with E-state index in [1.165, 1.54) is 18.3 Å². The predicted octanol–water partition coefficient (Wildman–Crippen LogP) is 3.22. The highest BCUT2D eigenvalue weighted by Crippen LogP contribution is 2.35. The van der Waals surface area contributed by atoms with Gasteiger partial charge in [0.15, 0.2) is 0 Å². The summed E-state index contributed by atoms with van der Waals surface area (Å²) in [6, 6.07) is 9.07. The molecule has 7 heteroatoms. The van der Waals surface area contributed by atoms with Crippen LogP contribution in [0.3, 0.4) is 0 Å². The summed E-state index contributed by atoms with van der Waals surface area (Å²) >= 11 is 0. The molecule has 2 aromatic rings. The fraction of sp³-hybridized carbons (Fsp3) is 0.0714. The second-order valence-electron chi connectivity index (χ2n) is 4.04. The number of anilines is 1. The fourth-order valence-corrected chi connectivity index (χ4v) is 1.64. The fourth-order valence-electron chi connectivity index (χ4n) is 1.64. The van der Waals surface area contributed by atoms with E-state index in [1.54, 1.807) is 18.2 Å². The van der Waals surface area contributed by atoms with Gasteiger partial charge in [-0.3, -0.25) is 9.78 Å². The number of hydrogen-bond acceptors (Lipinski definition) is 3. The van der Waals surface area contributed by atoms with E-state index in [4.69, 9.17) is 5.26 Å². The zero-order valence-corrected chi connectivity index (χ0v) is 10.5. The summed E-state index contributed by atoms with van der Waals surface area (Å²) in [4.78, 5) is 15.6. The van der Waals surface area contributed by atoms with Gasteiger partial charge in [0, 0.05) is 6.20 Å². The van der Waals surface area contributed by atoms with Gasteiger partial charge in [-0.1, -0.05) is 6.07 Å². The van der Waals surface area contributed by atoms with E-state index >= 15 is 0 Å². The molecule has 0 unspecified atom stereocenters. The van der Waals surface area contributed by atoms with Crippen LogP contribution in [0.2, 0.25) is 0 Å². The van der Waals surface area contributed by atoms with Crippen molar-refractivity contribution >= 4 is 11.6 Å². The minimum Gasteiger partial charge on any atom is -0.320 e. The van der Waals surface area contributed by atoms with Crippen LogP contribution in [0, 0.1) is 11.3 Å². The van der Waals surface area contributed by atoms with Gasteiger partial charge in [-0.15, -0.1) is 0 Å². The molecule has 106 valence electrons. The highest BCUT2D eigenvalue weighted by Gasteiger charge is 2.34. The van der Waals surface area contributed by atoms with E-state index in [0.717, 1.165) is 6.07 Å². The number of rotatable bonds is 2. The average molecular weight is 291 g/mol. The summed E-state index contributed by atoms with van der Waals surface area (Å²) in [6.07, 6.45) is -3.32. The van der Waals surface area contributed by atoms with Crippen LogP contribution in [0.4, 0.5) is 18.9 Å². The van der Waals surface area contributed by atoms with Crippen molar-refractivity contribution in [2.45, 2.75) is 6.18 Å². The van der Waals surface area contributed by atoms with Crippen molar-refractivity contribution in [2.24, 2.45) is 0 Å². The molecule has 0 aliphatic rings. The van der Waals surface area contributed by atoms with Crippen LogP contribution in [0.25, 0.3) is 0 Å². The number of carbonyl (C=O) groups excluding carboxylic acids is 1. The third-order valence-corrected chi connectivity index (χ3v) is 2.60. The lowest BCUT2D eigenvalue weighted by atomic mass is 10.1. The van der Waals surface area contributed by atoms with Gasteiger partial charge in [-0.2, -0.15) is 18.4 Å². The van der Waals surface area contributed by atoms with Crippen LogP contribution < -0.4 is 5.32 Å². The molecule has 1 N–H and O–H groups in total. The van der Waals surface area contributed by atoms with Crippen molar-refractivity contribution in [3.8, 4) is 6.07 Å². The number of alkyl halides is 3. The zero-order chi connectivity index (χ0) is 15.5. The van der Waals surface area contributed by atoms with Crippen molar-refractivity contribution in [1.29, 1.82) is 5.26 Å². The molecule has 1 aromatic carbocycles. The van der Waals surface area contributed by atoms with Crippen LogP contribution >= 0.6 is 0 Å². The molecule has 0 saturated carbocycles. The Morgan fingerprint density at radius 2 is 2.00 bits per heavy atom. The number of nitrogens with zero attached hydrogens (tertiary/aromatic N) is 2. The predicted molar refractivity (Wildman–Crippen MR) is 68.3 cm³/mol. The Hall–Kier alpha value is -2.88. The maximum absolute atomic E-state index is 12.9. The highest BCUT2D eigenvalue weighted by atomic mass is 19.4. The van der Waals surface area contributed by atoms with Gasteiger partial charge < -0.3 is 5.32 Å². The summed E-state index contributed by atoms with van der Waals surface area (Å²) in [5.41, 5.74) is -1.64. The van der Waals surface area contributed by atoms with E-state index in [9.17, 15) is 18.0 Å². The molecule has 0 atom stereocenters. The number of amides is 1. The van der Waals surface area contributed by atoms with E-state index < -0.39 is 23.3 Å². The van der Waals surface area contributed by atoms with Crippen molar-refractivity contribution in [3.63, 3.8) is 0 Å². The molecule has 4 nitrogen and oxygen atoms in total. The summed E-state index contributed by atoms with van der Waals surface area (Å²) < 4.78 is 38.8. The van der Waals surface area contributed by atoms with Crippen molar-refractivity contribution < 1.29 is 18.0 Å². The van der Waals surface area contributed by atoms with Crippen LogP contribution in [-0.2, 0) is 6.18 Å². The third kappa shape index (κ3) is 3.36. The number of halogens is 3. The Morgan fingerprint density at radius 3 is 2.57 bits per heavy atom. The number of hydrogen-bond donors (Lipinski definition) is 1. The van der Waals surface area contributed by atoms with Crippen LogP contribution in [0.1, 0.15) is 21.6 Å². The Labute approximate surface area is 117 Å². The third-order valence-electron chi connectivity index (χ3n) is 2.60. The number of pyridine rings is 1. The van der Waals surface area contributed by atoms with Gasteiger partial charge in [0.25, 0.3) is 5.91 Å². The normalized spacial score (nSPS) is 10.8. The molecule has 2 rings (SSSR count). The topological polar surface area (TPSA) is 65.8 Å². The van der Waals surface area contributed by atoms with E-state index in [-0.39, 0.29) is 11.3 Å². The average Bonchev–Trinajstić information content (AvgIpc) is 2.47. The Balaban J connectivity index is 2.37. The SMILES string of the molecule is N#Cc1ccc(NC(=O)c2ccccn2)c(C(F)(F)F)c1. The minimum absolute atomic E-state index is 0.00464. The molecule has 0 bridgehead atoms. The van der Waals surface area contributed by atoms with Crippen LogP contribution in [0.15, 0.2) is 42.6 Å². The molecule has 1 amide bonds. The zero-order valence-electron chi connectivity index (χ0n) is 10.5. The van der Waals surface area contributed by atoms with E-state index in [2.05, 4.69) is 10.3 Å². The largest absolute Gasteiger partial charge is 0.418 e. The highest BCUT2D eigenvalue weighted by molar-refractivity contribution is 6.03. The first-order chi connectivity index (χ1) is 9.91. The molecule has 0 spiro atoms. The summed E-state index contributed by atoms with van der Waals surface area (Å²) in [5, 5.41) is 10.8. The quantitative estimate of drug-likeness (QED) is 0.923. The first kappa shape index (κ1) is 14.5. The van der Waals surface area contributed by atoms with Crippen LogP contribution in [0.5, 0.6) is 0 Å². The van der Waals surface area contributed by atoms with Crippen molar-refractivity contribution in [1.82, 2.24) is 4.98 Å². The standard InChI is InChI=1S/C14H8F3N3O/c15-14(16,17)10-7-9(8-18)4-5-11(10)20-13(21)12-3-1-2-6-19-12/h1-7H,(H,20,21). The number of nitriles is 1.